The number of ether oxygens (including phenoxy) is 3. The van der Waals surface area contributed by atoms with Crippen LogP contribution in [0.5, 0.6) is 17.2 Å². The highest BCUT2D eigenvalue weighted by atomic mass is 16.7. The van der Waals surface area contributed by atoms with Crippen LogP contribution in [0.1, 0.15) is 64.4 Å². The Morgan fingerprint density at radius 1 is 1.16 bits per heavy atom. The number of fused-ring (bicyclic) bond motifs is 1. The molecule has 0 saturated carbocycles. The number of carboxylic acids is 1. The molecule has 2 saturated heterocycles. The topological polar surface area (TPSA) is 109 Å². The third kappa shape index (κ3) is 8.15. The van der Waals surface area contributed by atoms with E-state index >= 15 is 0 Å². The van der Waals surface area contributed by atoms with Crippen molar-refractivity contribution in [3.05, 3.63) is 17.7 Å². The summed E-state index contributed by atoms with van der Waals surface area (Å²) in [6, 6.07) is 3.26. The van der Waals surface area contributed by atoms with Gasteiger partial charge in [0, 0.05) is 57.5 Å². The molecule has 246 valence electrons. The normalized spacial score (nSPS) is 22.9. The summed E-state index contributed by atoms with van der Waals surface area (Å²) < 4.78 is 17.6. The van der Waals surface area contributed by atoms with Crippen molar-refractivity contribution in [2.75, 3.05) is 80.9 Å². The number of carboxylic acid groups (broad SMARTS) is 1. The van der Waals surface area contributed by atoms with E-state index in [1.54, 1.807) is 7.11 Å². The van der Waals surface area contributed by atoms with Crippen LogP contribution in [-0.4, -0.2) is 129 Å². The standard InChI is InChI=1S/C33H52N4O7/c1-8-9-12-34(13-10-15-37(4,5)6)29(39)20-36-19-24(23-16-26(42-7)31-27(17-23)43-22-44-31)30(32(40)41)25(36)11-14-35-21-33(2,3)18-28(35)38/h16-17,24-25,30H,8-15,18-22H2,1-7H3/p+1/t24-,25+,30-/m1/s1. The first-order valence-corrected chi connectivity index (χ1v) is 16.0. The summed E-state index contributed by atoms with van der Waals surface area (Å²) in [5.41, 5.74) is 0.675. The van der Waals surface area contributed by atoms with Crippen LogP contribution in [-0.2, 0) is 14.4 Å². The molecular formula is C33H53N4O7+. The highest BCUT2D eigenvalue weighted by molar-refractivity contribution is 5.80. The third-order valence-corrected chi connectivity index (χ3v) is 9.17. The van der Waals surface area contributed by atoms with Gasteiger partial charge < -0.3 is 33.6 Å². The van der Waals surface area contributed by atoms with E-state index in [0.717, 1.165) is 35.9 Å². The zero-order valence-electron chi connectivity index (χ0n) is 27.8. The largest absolute Gasteiger partial charge is 0.493 e. The highest BCUT2D eigenvalue weighted by Gasteiger charge is 2.48. The molecule has 0 aromatic heterocycles. The summed E-state index contributed by atoms with van der Waals surface area (Å²) in [5.74, 6) is -0.423. The van der Waals surface area contributed by atoms with Crippen molar-refractivity contribution in [3.8, 4) is 17.2 Å². The Kier molecular flexibility index (Phi) is 10.7. The van der Waals surface area contributed by atoms with E-state index in [1.165, 1.54) is 0 Å². The average molecular weight is 618 g/mol. The van der Waals surface area contributed by atoms with E-state index < -0.39 is 23.8 Å². The predicted molar refractivity (Wildman–Crippen MR) is 167 cm³/mol. The van der Waals surface area contributed by atoms with Crippen molar-refractivity contribution in [2.45, 2.75) is 64.8 Å². The molecule has 0 radical (unpaired) electrons. The fraction of sp³-hybridized carbons (Fsp3) is 0.727. The van der Waals surface area contributed by atoms with Gasteiger partial charge in [-0.3, -0.25) is 19.3 Å². The van der Waals surface area contributed by atoms with E-state index in [9.17, 15) is 19.5 Å². The molecule has 0 aliphatic carbocycles. The molecule has 1 N–H and O–H groups in total. The van der Waals surface area contributed by atoms with E-state index in [1.807, 2.05) is 26.8 Å². The van der Waals surface area contributed by atoms with Crippen molar-refractivity contribution in [2.24, 2.45) is 11.3 Å². The molecule has 11 nitrogen and oxygen atoms in total. The van der Waals surface area contributed by atoms with Gasteiger partial charge in [0.2, 0.25) is 24.4 Å². The summed E-state index contributed by atoms with van der Waals surface area (Å²) >= 11 is 0. The first-order chi connectivity index (χ1) is 20.7. The molecule has 1 aromatic rings. The van der Waals surface area contributed by atoms with Crippen LogP contribution in [0, 0.1) is 11.3 Å². The molecule has 4 rings (SSSR count). The number of carbonyl (C=O) groups excluding carboxylic acids is 2. The first-order valence-electron chi connectivity index (χ1n) is 16.0. The molecule has 3 aliphatic rings. The minimum Gasteiger partial charge on any atom is -0.493 e. The van der Waals surface area contributed by atoms with Gasteiger partial charge in [0.25, 0.3) is 0 Å². The third-order valence-electron chi connectivity index (χ3n) is 9.17. The fourth-order valence-corrected chi connectivity index (χ4v) is 6.95. The van der Waals surface area contributed by atoms with Gasteiger partial charge in [-0.2, -0.15) is 0 Å². The zero-order chi connectivity index (χ0) is 32.2. The van der Waals surface area contributed by atoms with Crippen molar-refractivity contribution < 1.29 is 38.2 Å². The van der Waals surface area contributed by atoms with Gasteiger partial charge in [0.1, 0.15) is 0 Å². The van der Waals surface area contributed by atoms with Crippen LogP contribution in [0.3, 0.4) is 0 Å². The van der Waals surface area contributed by atoms with Gasteiger partial charge in [-0.05, 0) is 36.0 Å². The minimum absolute atomic E-state index is 0.0243. The lowest BCUT2D eigenvalue weighted by Crippen LogP contribution is -2.46. The lowest BCUT2D eigenvalue weighted by molar-refractivity contribution is -0.870. The number of unbranched alkanes of at least 4 members (excludes halogenated alkanes) is 1. The molecule has 0 bridgehead atoms. The Hall–Kier alpha value is -3.05. The number of hydrogen-bond acceptors (Lipinski definition) is 7. The van der Waals surface area contributed by atoms with Crippen LogP contribution in [0.4, 0.5) is 0 Å². The van der Waals surface area contributed by atoms with Crippen molar-refractivity contribution in [1.29, 1.82) is 0 Å². The van der Waals surface area contributed by atoms with Gasteiger partial charge in [-0.1, -0.05) is 27.2 Å². The molecule has 2 amide bonds. The number of methoxy groups -OCH3 is 1. The summed E-state index contributed by atoms with van der Waals surface area (Å²) in [7, 11) is 8.00. The lowest BCUT2D eigenvalue weighted by Gasteiger charge is -2.31. The number of likely N-dealkylation sites (tertiary alicyclic amines) is 2. The second kappa shape index (κ2) is 13.9. The van der Waals surface area contributed by atoms with Crippen LogP contribution in [0.2, 0.25) is 0 Å². The SMILES string of the molecule is CCCCN(CCC[N+](C)(C)C)C(=O)CN1C[C@H](c2cc(OC)c3c(c2)OCO3)[C@@H](C(=O)O)[C@@H]1CCN1CC(C)(C)CC1=O. The van der Waals surface area contributed by atoms with Gasteiger partial charge in [-0.25, -0.2) is 0 Å². The molecule has 1 aromatic carbocycles. The molecule has 44 heavy (non-hydrogen) atoms. The molecule has 3 atom stereocenters. The minimum atomic E-state index is -0.912. The smallest absolute Gasteiger partial charge is 0.308 e. The maximum atomic E-state index is 13.9. The number of amides is 2. The van der Waals surface area contributed by atoms with Crippen molar-refractivity contribution in [1.82, 2.24) is 14.7 Å². The van der Waals surface area contributed by atoms with Crippen LogP contribution >= 0.6 is 0 Å². The Bertz CT molecular complexity index is 1200. The van der Waals surface area contributed by atoms with Crippen LogP contribution in [0.25, 0.3) is 0 Å². The van der Waals surface area contributed by atoms with Gasteiger partial charge in [0.05, 0.1) is 47.3 Å². The number of quaternary nitrogens is 1. The summed E-state index contributed by atoms with van der Waals surface area (Å²) in [6.45, 7) is 10.3. The number of rotatable bonds is 15. The van der Waals surface area contributed by atoms with E-state index in [0.29, 0.717) is 62.8 Å². The fourth-order valence-electron chi connectivity index (χ4n) is 6.95. The molecule has 3 heterocycles. The Morgan fingerprint density at radius 2 is 1.89 bits per heavy atom. The second-order valence-electron chi connectivity index (χ2n) is 14.5. The molecule has 0 unspecified atom stereocenters. The second-order valence-corrected chi connectivity index (χ2v) is 14.5. The van der Waals surface area contributed by atoms with Gasteiger partial charge >= 0.3 is 5.97 Å². The van der Waals surface area contributed by atoms with E-state index in [2.05, 4.69) is 41.9 Å². The van der Waals surface area contributed by atoms with Gasteiger partial charge in [0.15, 0.2) is 11.5 Å². The summed E-state index contributed by atoms with van der Waals surface area (Å²) in [4.78, 5) is 45.5. The molecule has 11 heteroatoms. The maximum absolute atomic E-state index is 13.9. The average Bonchev–Trinajstić information content (AvgIpc) is 3.62. The maximum Gasteiger partial charge on any atom is 0.308 e. The predicted octanol–water partition coefficient (Wildman–Crippen LogP) is 3.27. The zero-order valence-corrected chi connectivity index (χ0v) is 27.8. The number of hydrogen-bond donors (Lipinski definition) is 1. The highest BCUT2D eigenvalue weighted by Crippen LogP contribution is 2.47. The molecular weight excluding hydrogens is 564 g/mol. The number of aliphatic carboxylic acids is 1. The van der Waals surface area contributed by atoms with Gasteiger partial charge in [-0.15, -0.1) is 0 Å². The number of nitrogens with zero attached hydrogens (tertiary/aromatic N) is 4. The number of benzene rings is 1. The van der Waals surface area contributed by atoms with E-state index in [4.69, 9.17) is 14.2 Å². The molecule has 2 fully saturated rings. The quantitative estimate of drug-likeness (QED) is 0.299. The monoisotopic (exact) mass is 617 g/mol. The number of carbonyl (C=O) groups is 3. The molecule has 3 aliphatic heterocycles. The van der Waals surface area contributed by atoms with Crippen molar-refractivity contribution in [3.63, 3.8) is 0 Å². The first kappa shape index (κ1) is 33.8. The van der Waals surface area contributed by atoms with E-state index in [-0.39, 0.29) is 30.6 Å². The summed E-state index contributed by atoms with van der Waals surface area (Å²) in [6.07, 6.45) is 3.76. The Morgan fingerprint density at radius 3 is 2.50 bits per heavy atom. The van der Waals surface area contributed by atoms with Crippen LogP contribution in [0.15, 0.2) is 12.1 Å². The lowest BCUT2D eigenvalue weighted by atomic mass is 9.84. The summed E-state index contributed by atoms with van der Waals surface area (Å²) in [5, 5.41) is 10.6. The van der Waals surface area contributed by atoms with Crippen molar-refractivity contribution >= 4 is 17.8 Å². The molecule has 0 spiro atoms. The van der Waals surface area contributed by atoms with Crippen LogP contribution < -0.4 is 14.2 Å². The Labute approximate surface area is 262 Å². The Balaban J connectivity index is 1.61.